The van der Waals surface area contributed by atoms with Crippen molar-refractivity contribution in [3.05, 3.63) is 23.7 Å². The van der Waals surface area contributed by atoms with Gasteiger partial charge in [-0.1, -0.05) is 0 Å². The smallest absolute Gasteiger partial charge is 0.228 e. The molecule has 1 saturated heterocycles. The Kier molecular flexibility index (Phi) is 4.07. The summed E-state index contributed by atoms with van der Waals surface area (Å²) in [6.45, 7) is 5.28. The number of rotatable bonds is 3. The molecule has 2 rings (SSSR count). The van der Waals surface area contributed by atoms with Gasteiger partial charge in [0.1, 0.15) is 5.76 Å². The number of hydrogen-bond donors (Lipinski definition) is 0. The van der Waals surface area contributed by atoms with Crippen molar-refractivity contribution in [1.82, 2.24) is 4.90 Å². The van der Waals surface area contributed by atoms with Crippen LogP contribution in [0.2, 0.25) is 0 Å². The van der Waals surface area contributed by atoms with E-state index in [4.69, 9.17) is 9.15 Å². The molecule has 0 saturated carbocycles. The van der Waals surface area contributed by atoms with E-state index in [0.717, 1.165) is 30.8 Å². The average molecular weight is 251 g/mol. The van der Waals surface area contributed by atoms with Gasteiger partial charge in [0.2, 0.25) is 5.91 Å². The number of carbonyl (C=O) groups excluding carboxylic acids is 1. The Morgan fingerprint density at radius 3 is 2.94 bits per heavy atom. The van der Waals surface area contributed by atoms with E-state index in [9.17, 15) is 4.79 Å². The third kappa shape index (κ3) is 2.75. The highest BCUT2D eigenvalue weighted by Crippen LogP contribution is 2.23. The molecule has 1 aromatic rings. The minimum absolute atomic E-state index is 0.00374. The lowest BCUT2D eigenvalue weighted by Crippen LogP contribution is -2.40. The van der Waals surface area contributed by atoms with Gasteiger partial charge < -0.3 is 14.1 Å². The largest absolute Gasteiger partial charge is 0.469 e. The lowest BCUT2D eigenvalue weighted by Gasteiger charge is -2.31. The first kappa shape index (κ1) is 13.1. The fourth-order valence-electron chi connectivity index (χ4n) is 2.44. The second-order valence-electron chi connectivity index (χ2n) is 5.02. The summed E-state index contributed by atoms with van der Waals surface area (Å²) >= 11 is 0. The zero-order valence-corrected chi connectivity index (χ0v) is 11.3. The van der Waals surface area contributed by atoms with Crippen LogP contribution in [0.15, 0.2) is 16.7 Å². The molecule has 0 unspecified atom stereocenters. The van der Waals surface area contributed by atoms with Crippen LogP contribution in [0.3, 0.4) is 0 Å². The Bertz CT molecular complexity index is 413. The molecule has 2 heterocycles. The van der Waals surface area contributed by atoms with E-state index in [1.165, 1.54) is 0 Å². The molecule has 1 aliphatic heterocycles. The number of hydrogen-bond acceptors (Lipinski definition) is 3. The van der Waals surface area contributed by atoms with Crippen molar-refractivity contribution in [1.29, 1.82) is 0 Å². The van der Waals surface area contributed by atoms with Crippen molar-refractivity contribution in [2.45, 2.75) is 39.3 Å². The summed E-state index contributed by atoms with van der Waals surface area (Å²) in [5.74, 6) is 1.04. The van der Waals surface area contributed by atoms with Crippen molar-refractivity contribution < 1.29 is 13.9 Å². The van der Waals surface area contributed by atoms with Gasteiger partial charge in [-0.25, -0.2) is 0 Å². The molecule has 4 nitrogen and oxygen atoms in total. The van der Waals surface area contributed by atoms with E-state index >= 15 is 0 Å². The maximum absolute atomic E-state index is 12.4. The van der Waals surface area contributed by atoms with Crippen LogP contribution in [0.1, 0.15) is 31.1 Å². The molecule has 4 heteroatoms. The third-order valence-corrected chi connectivity index (χ3v) is 3.67. The first-order chi connectivity index (χ1) is 8.59. The van der Waals surface area contributed by atoms with Crippen LogP contribution in [0.25, 0.3) is 0 Å². The molecule has 1 aromatic heterocycles. The second kappa shape index (κ2) is 5.57. The minimum Gasteiger partial charge on any atom is -0.469 e. The summed E-state index contributed by atoms with van der Waals surface area (Å²) < 4.78 is 10.8. The molecular formula is C14H21NO3. The Morgan fingerprint density at radius 2 is 2.33 bits per heavy atom. The van der Waals surface area contributed by atoms with Crippen molar-refractivity contribution >= 4 is 5.91 Å². The van der Waals surface area contributed by atoms with Crippen LogP contribution in [0.4, 0.5) is 0 Å². The summed E-state index contributed by atoms with van der Waals surface area (Å²) in [5.41, 5.74) is 1.07. The topological polar surface area (TPSA) is 42.7 Å². The summed E-state index contributed by atoms with van der Waals surface area (Å²) in [5, 5.41) is 0. The highest BCUT2D eigenvalue weighted by atomic mass is 16.5. The zero-order valence-electron chi connectivity index (χ0n) is 11.3. The summed E-state index contributed by atoms with van der Waals surface area (Å²) in [4.78, 5) is 14.1. The number of furan rings is 1. The number of ether oxygens (including phenoxy) is 1. The molecule has 1 fully saturated rings. The Balaban J connectivity index is 1.98. The molecule has 1 aliphatic rings. The van der Waals surface area contributed by atoms with Gasteiger partial charge in [-0.2, -0.15) is 0 Å². The number of amides is 1. The maximum atomic E-state index is 12.4. The van der Waals surface area contributed by atoms with Crippen LogP contribution >= 0.6 is 0 Å². The molecule has 0 aromatic carbocycles. The number of carbonyl (C=O) groups is 1. The first-order valence-electron chi connectivity index (χ1n) is 6.49. The molecular weight excluding hydrogens is 230 g/mol. The van der Waals surface area contributed by atoms with Crippen molar-refractivity contribution in [2.24, 2.45) is 5.92 Å². The predicted octanol–water partition coefficient (Wildman–Crippen LogP) is 2.36. The third-order valence-electron chi connectivity index (χ3n) is 3.67. The summed E-state index contributed by atoms with van der Waals surface area (Å²) in [6, 6.07) is 1.92. The Hall–Kier alpha value is -1.29. The first-order valence-corrected chi connectivity index (χ1v) is 6.49. The fraction of sp³-hybridized carbons (Fsp3) is 0.643. The second-order valence-corrected chi connectivity index (χ2v) is 5.02. The van der Waals surface area contributed by atoms with Crippen molar-refractivity contribution in [2.75, 3.05) is 13.7 Å². The van der Waals surface area contributed by atoms with E-state index < -0.39 is 0 Å². The normalized spacial score (nSPS) is 23.9. The Morgan fingerprint density at radius 1 is 1.56 bits per heavy atom. The number of nitrogens with zero attached hydrogens (tertiary/aromatic N) is 1. The summed E-state index contributed by atoms with van der Waals surface area (Å²) in [7, 11) is 1.84. The van der Waals surface area contributed by atoms with Gasteiger partial charge >= 0.3 is 0 Å². The highest BCUT2D eigenvalue weighted by molar-refractivity contribution is 5.79. The van der Waals surface area contributed by atoms with E-state index in [1.807, 2.05) is 27.0 Å². The number of aryl methyl sites for hydroxylation is 1. The molecule has 0 N–H and O–H groups in total. The van der Waals surface area contributed by atoms with Gasteiger partial charge in [-0.3, -0.25) is 4.79 Å². The van der Waals surface area contributed by atoms with Crippen LogP contribution < -0.4 is 0 Å². The van der Waals surface area contributed by atoms with Gasteiger partial charge in [-0.05, 0) is 32.8 Å². The molecule has 0 bridgehead atoms. The molecule has 1 amide bonds. The lowest BCUT2D eigenvalue weighted by atomic mass is 9.94. The average Bonchev–Trinajstić information content (AvgIpc) is 2.75. The van der Waals surface area contributed by atoms with Gasteiger partial charge in [-0.15, -0.1) is 0 Å². The van der Waals surface area contributed by atoms with E-state index in [0.29, 0.717) is 6.54 Å². The zero-order chi connectivity index (χ0) is 13.1. The van der Waals surface area contributed by atoms with E-state index in [1.54, 1.807) is 11.2 Å². The van der Waals surface area contributed by atoms with Gasteiger partial charge in [0.25, 0.3) is 0 Å². The van der Waals surface area contributed by atoms with Crippen LogP contribution in [-0.4, -0.2) is 30.6 Å². The molecule has 2 atom stereocenters. The van der Waals surface area contributed by atoms with Crippen LogP contribution in [-0.2, 0) is 16.1 Å². The molecule has 0 spiro atoms. The molecule has 100 valence electrons. The lowest BCUT2D eigenvalue weighted by molar-refractivity contribution is -0.143. The van der Waals surface area contributed by atoms with Crippen molar-refractivity contribution in [3.8, 4) is 0 Å². The van der Waals surface area contributed by atoms with Crippen molar-refractivity contribution in [3.63, 3.8) is 0 Å². The van der Waals surface area contributed by atoms with Gasteiger partial charge in [0, 0.05) is 25.8 Å². The minimum atomic E-state index is -0.00374. The van der Waals surface area contributed by atoms with E-state index in [2.05, 4.69) is 0 Å². The molecule has 0 radical (unpaired) electrons. The monoisotopic (exact) mass is 251 g/mol. The summed E-state index contributed by atoms with van der Waals surface area (Å²) in [6.07, 6.45) is 3.59. The standard InChI is InChI=1S/C14H21NO3/c1-10-12(6-8-18-10)9-15(3)14(16)13-5-4-7-17-11(13)2/h6,8,11,13H,4-5,7,9H2,1-3H3/t11-,13-/m0/s1. The van der Waals surface area contributed by atoms with Crippen LogP contribution in [0.5, 0.6) is 0 Å². The SMILES string of the molecule is Cc1occc1CN(C)C(=O)[C@H]1CCCO[C@H]1C. The Labute approximate surface area is 108 Å². The maximum Gasteiger partial charge on any atom is 0.228 e. The van der Waals surface area contributed by atoms with Gasteiger partial charge in [0.05, 0.1) is 18.3 Å². The molecule has 18 heavy (non-hydrogen) atoms. The van der Waals surface area contributed by atoms with Crippen LogP contribution in [0, 0.1) is 12.8 Å². The molecule has 0 aliphatic carbocycles. The predicted molar refractivity (Wildman–Crippen MR) is 68.1 cm³/mol. The highest BCUT2D eigenvalue weighted by Gasteiger charge is 2.30. The quantitative estimate of drug-likeness (QED) is 0.828. The fourth-order valence-corrected chi connectivity index (χ4v) is 2.44. The van der Waals surface area contributed by atoms with Gasteiger partial charge in [0.15, 0.2) is 0 Å². The van der Waals surface area contributed by atoms with E-state index in [-0.39, 0.29) is 17.9 Å².